The number of hydrogen-bond acceptors (Lipinski definition) is 7. The predicted molar refractivity (Wildman–Crippen MR) is 99.3 cm³/mol. The van der Waals surface area contributed by atoms with Crippen molar-refractivity contribution in [3.05, 3.63) is 43.0 Å². The minimum atomic E-state index is -0.468. The fourth-order valence-electron chi connectivity index (χ4n) is 2.95. The van der Waals surface area contributed by atoms with E-state index in [1.807, 2.05) is 6.08 Å². The molecule has 0 spiro atoms. The van der Waals surface area contributed by atoms with E-state index in [0.29, 0.717) is 17.5 Å². The lowest BCUT2D eigenvalue weighted by molar-refractivity contribution is 0.237. The quantitative estimate of drug-likeness (QED) is 0.737. The van der Waals surface area contributed by atoms with Crippen molar-refractivity contribution in [2.45, 2.75) is 18.9 Å². The van der Waals surface area contributed by atoms with Crippen molar-refractivity contribution >= 4 is 17.5 Å². The van der Waals surface area contributed by atoms with Crippen LogP contribution in [0.25, 0.3) is 0 Å². The van der Waals surface area contributed by atoms with Gasteiger partial charge in [-0.2, -0.15) is 4.98 Å². The van der Waals surface area contributed by atoms with Crippen LogP contribution in [-0.2, 0) is 0 Å². The summed E-state index contributed by atoms with van der Waals surface area (Å²) in [4.78, 5) is 14.7. The molecule has 3 rings (SSSR count). The van der Waals surface area contributed by atoms with E-state index in [2.05, 4.69) is 37.1 Å². The summed E-state index contributed by atoms with van der Waals surface area (Å²) in [6.07, 6.45) is 6.69. The van der Waals surface area contributed by atoms with Crippen molar-refractivity contribution < 1.29 is 9.13 Å². The Morgan fingerprint density at radius 2 is 2.27 bits per heavy atom. The van der Waals surface area contributed by atoms with Gasteiger partial charge in [0.05, 0.1) is 25.2 Å². The number of hydrogen-bond donors (Lipinski definition) is 2. The second-order valence-corrected chi connectivity index (χ2v) is 6.14. The van der Waals surface area contributed by atoms with E-state index in [1.54, 1.807) is 25.4 Å². The summed E-state index contributed by atoms with van der Waals surface area (Å²) in [6, 6.07) is 3.66. The van der Waals surface area contributed by atoms with Crippen LogP contribution in [0.4, 0.5) is 21.8 Å². The van der Waals surface area contributed by atoms with Crippen LogP contribution in [0.3, 0.4) is 0 Å². The van der Waals surface area contributed by atoms with Gasteiger partial charge < -0.3 is 15.4 Å². The molecule has 0 aliphatic carbocycles. The van der Waals surface area contributed by atoms with Gasteiger partial charge in [0.2, 0.25) is 11.8 Å². The van der Waals surface area contributed by atoms with Crippen LogP contribution in [-0.4, -0.2) is 52.6 Å². The minimum absolute atomic E-state index is 0.142. The first-order valence-electron chi connectivity index (χ1n) is 8.57. The van der Waals surface area contributed by atoms with Crippen molar-refractivity contribution in [2.75, 3.05) is 37.4 Å². The Morgan fingerprint density at radius 1 is 1.38 bits per heavy atom. The molecule has 8 heteroatoms. The highest BCUT2D eigenvalue weighted by Gasteiger charge is 2.20. The summed E-state index contributed by atoms with van der Waals surface area (Å²) in [5.41, 5.74) is 0.693. The summed E-state index contributed by atoms with van der Waals surface area (Å²) < 4.78 is 19.2. The van der Waals surface area contributed by atoms with Gasteiger partial charge in [-0.3, -0.25) is 4.90 Å². The van der Waals surface area contributed by atoms with Gasteiger partial charge in [0.25, 0.3) is 0 Å². The Balaban J connectivity index is 1.67. The molecule has 1 aliphatic heterocycles. The molecule has 7 nitrogen and oxygen atoms in total. The smallest absolute Gasteiger partial charge is 0.229 e. The van der Waals surface area contributed by atoms with Gasteiger partial charge in [0.1, 0.15) is 0 Å². The average Bonchev–Trinajstić information content (AvgIpc) is 2.66. The zero-order valence-electron chi connectivity index (χ0n) is 14.8. The lowest BCUT2D eigenvalue weighted by Crippen LogP contribution is -2.42. The molecule has 2 aromatic rings. The number of anilines is 3. The number of rotatable bonds is 7. The maximum absolute atomic E-state index is 14.1. The van der Waals surface area contributed by atoms with E-state index >= 15 is 0 Å². The number of ether oxygens (including phenoxy) is 1. The first-order valence-corrected chi connectivity index (χ1v) is 8.57. The van der Waals surface area contributed by atoms with E-state index in [4.69, 9.17) is 4.74 Å². The number of nitrogens with zero attached hydrogens (tertiary/aromatic N) is 4. The zero-order chi connectivity index (χ0) is 18.4. The van der Waals surface area contributed by atoms with Gasteiger partial charge in [-0.1, -0.05) is 6.08 Å². The third kappa shape index (κ3) is 4.66. The molecule has 0 unspecified atom stereocenters. The number of piperidine rings is 1. The van der Waals surface area contributed by atoms with E-state index in [9.17, 15) is 4.39 Å². The first-order chi connectivity index (χ1) is 12.7. The summed E-state index contributed by atoms with van der Waals surface area (Å²) >= 11 is 0. The molecule has 138 valence electrons. The molecule has 1 atom stereocenters. The van der Waals surface area contributed by atoms with Gasteiger partial charge in [-0.05, 0) is 25.5 Å². The molecule has 0 radical (unpaired) electrons. The first kappa shape index (κ1) is 18.1. The standard InChI is InChI=1S/C18H23FN6O/c1-3-8-25-9-4-5-14(12-25)22-17-15(19)11-21-18(24-17)23-13-6-7-16(26-2)20-10-13/h3,6-7,10-11,14H,1,4-5,8-9,12H2,2H3,(H2,21,22,23,24)/t14-/m1/s1. The third-order valence-corrected chi connectivity index (χ3v) is 4.18. The molecule has 2 aromatic heterocycles. The van der Waals surface area contributed by atoms with Gasteiger partial charge in [-0.15, -0.1) is 6.58 Å². The van der Waals surface area contributed by atoms with Crippen LogP contribution in [0.5, 0.6) is 5.88 Å². The van der Waals surface area contributed by atoms with Crippen LogP contribution in [0, 0.1) is 5.82 Å². The van der Waals surface area contributed by atoms with Gasteiger partial charge in [0, 0.05) is 25.2 Å². The average molecular weight is 358 g/mol. The lowest BCUT2D eigenvalue weighted by atomic mass is 10.1. The molecule has 3 heterocycles. The Kier molecular flexibility index (Phi) is 5.96. The highest BCUT2D eigenvalue weighted by Crippen LogP contribution is 2.20. The zero-order valence-corrected chi connectivity index (χ0v) is 14.8. The Hall–Kier alpha value is -2.74. The molecule has 0 aromatic carbocycles. The maximum Gasteiger partial charge on any atom is 0.229 e. The van der Waals surface area contributed by atoms with Crippen LogP contribution in [0.15, 0.2) is 37.2 Å². The summed E-state index contributed by atoms with van der Waals surface area (Å²) in [6.45, 7) is 6.48. The largest absolute Gasteiger partial charge is 0.481 e. The van der Waals surface area contributed by atoms with Crippen LogP contribution < -0.4 is 15.4 Å². The van der Waals surface area contributed by atoms with E-state index < -0.39 is 5.82 Å². The SMILES string of the molecule is C=CCN1CCC[C@@H](Nc2nc(Nc3ccc(OC)nc3)ncc2F)C1. The molecule has 0 saturated carbocycles. The third-order valence-electron chi connectivity index (χ3n) is 4.18. The Labute approximate surface area is 152 Å². The maximum atomic E-state index is 14.1. The Bertz CT molecular complexity index is 739. The Morgan fingerprint density at radius 3 is 3.00 bits per heavy atom. The van der Waals surface area contributed by atoms with Gasteiger partial charge in [0.15, 0.2) is 11.6 Å². The second-order valence-electron chi connectivity index (χ2n) is 6.14. The summed E-state index contributed by atoms with van der Waals surface area (Å²) in [5, 5.41) is 6.22. The fourth-order valence-corrected chi connectivity index (χ4v) is 2.95. The normalized spacial score (nSPS) is 17.5. The molecule has 1 fully saturated rings. The van der Waals surface area contributed by atoms with Gasteiger partial charge >= 0.3 is 0 Å². The number of nitrogens with one attached hydrogen (secondary N) is 2. The number of halogens is 1. The van der Waals surface area contributed by atoms with Crippen LogP contribution in [0.1, 0.15) is 12.8 Å². The van der Waals surface area contributed by atoms with Crippen molar-refractivity contribution in [3.63, 3.8) is 0 Å². The van der Waals surface area contributed by atoms with Crippen LogP contribution in [0.2, 0.25) is 0 Å². The molecule has 1 aliphatic rings. The second kappa shape index (κ2) is 8.57. The van der Waals surface area contributed by atoms with Gasteiger partial charge in [-0.25, -0.2) is 14.4 Å². The molecule has 1 saturated heterocycles. The molecule has 0 bridgehead atoms. The van der Waals surface area contributed by atoms with E-state index in [0.717, 1.165) is 32.5 Å². The molecular weight excluding hydrogens is 335 g/mol. The molecular formula is C18H23FN6O. The number of pyridine rings is 1. The molecule has 2 N–H and O–H groups in total. The number of aromatic nitrogens is 3. The molecule has 0 amide bonds. The van der Waals surface area contributed by atoms with Crippen molar-refractivity contribution in [3.8, 4) is 5.88 Å². The van der Waals surface area contributed by atoms with Crippen LogP contribution >= 0.6 is 0 Å². The topological polar surface area (TPSA) is 75.2 Å². The number of methoxy groups -OCH3 is 1. The highest BCUT2D eigenvalue weighted by molar-refractivity contribution is 5.54. The monoisotopic (exact) mass is 358 g/mol. The predicted octanol–water partition coefficient (Wildman–Crippen LogP) is 2.83. The minimum Gasteiger partial charge on any atom is -0.481 e. The van der Waals surface area contributed by atoms with Crippen molar-refractivity contribution in [2.24, 2.45) is 0 Å². The van der Waals surface area contributed by atoms with Crippen molar-refractivity contribution in [1.82, 2.24) is 19.9 Å². The molecule has 26 heavy (non-hydrogen) atoms. The summed E-state index contributed by atoms with van der Waals surface area (Å²) in [7, 11) is 1.55. The highest BCUT2D eigenvalue weighted by atomic mass is 19.1. The summed E-state index contributed by atoms with van der Waals surface area (Å²) in [5.74, 6) is 0.553. The van der Waals surface area contributed by atoms with E-state index in [1.165, 1.54) is 6.20 Å². The van der Waals surface area contributed by atoms with E-state index in [-0.39, 0.29) is 11.9 Å². The lowest BCUT2D eigenvalue weighted by Gasteiger charge is -2.32. The fraction of sp³-hybridized carbons (Fsp3) is 0.389. The number of likely N-dealkylation sites (tertiary alicyclic amines) is 1. The van der Waals surface area contributed by atoms with Crippen molar-refractivity contribution in [1.29, 1.82) is 0 Å².